The zero-order valence-electron chi connectivity index (χ0n) is 24.6. The average molecular weight is 648 g/mol. The number of amides is 4. The van der Waals surface area contributed by atoms with Crippen LogP contribution in [-0.2, 0) is 38.2 Å². The number of carbonyl (C=O) groups is 6. The minimum atomic E-state index is -1.33. The molecule has 0 saturated carbocycles. The minimum absolute atomic E-state index is 0.192. The largest absolute Gasteiger partial charge is 0.437 e. The Morgan fingerprint density at radius 2 is 0.909 bits per heavy atom. The molecule has 12 nitrogen and oxygen atoms in total. The normalized spacial score (nSPS) is 19.4. The molecule has 2 saturated heterocycles. The molecule has 4 amide bonds. The molecular weight excluding hydrogens is 615 g/mol. The van der Waals surface area contributed by atoms with E-state index in [1.54, 1.807) is 72.2 Å². The van der Waals surface area contributed by atoms with Gasteiger partial charge in [-0.2, -0.15) is 0 Å². The third kappa shape index (κ3) is 7.10. The Balaban J connectivity index is 1.48. The van der Waals surface area contributed by atoms with E-state index in [1.165, 1.54) is 13.8 Å². The summed E-state index contributed by atoms with van der Waals surface area (Å²) in [4.78, 5) is 82.2. The van der Waals surface area contributed by atoms with Crippen LogP contribution in [0.3, 0.4) is 0 Å². The average Bonchev–Trinajstić information content (AvgIpc) is 2.94. The van der Waals surface area contributed by atoms with Gasteiger partial charge in [0.25, 0.3) is 0 Å². The second-order valence-electron chi connectivity index (χ2n) is 10.6. The number of carbonyl (C=O) groups excluding carboxylic acids is 6. The molecule has 4 rings (SSSR count). The van der Waals surface area contributed by atoms with E-state index in [-0.39, 0.29) is 36.2 Å². The molecule has 0 spiro atoms. The van der Waals surface area contributed by atoms with Crippen molar-refractivity contribution in [1.82, 2.24) is 19.6 Å². The Labute approximate surface area is 264 Å². The van der Waals surface area contributed by atoms with E-state index in [0.29, 0.717) is 11.1 Å². The number of piperazine rings is 2. The van der Waals surface area contributed by atoms with Crippen LogP contribution in [0.1, 0.15) is 51.3 Å². The van der Waals surface area contributed by atoms with Crippen LogP contribution in [0, 0.1) is 0 Å². The van der Waals surface area contributed by atoms with Crippen molar-refractivity contribution in [3.63, 3.8) is 0 Å². The van der Waals surface area contributed by atoms with Crippen molar-refractivity contribution in [2.45, 2.75) is 52.2 Å². The summed E-state index contributed by atoms with van der Waals surface area (Å²) in [6, 6.07) is 12.0. The summed E-state index contributed by atoms with van der Waals surface area (Å²) in [6.45, 7) is 5.14. The topological polar surface area (TPSA) is 134 Å². The van der Waals surface area contributed by atoms with Crippen LogP contribution in [0.25, 0.3) is 0 Å². The van der Waals surface area contributed by atoms with Gasteiger partial charge in [0.15, 0.2) is 0 Å². The number of imide groups is 2. The van der Waals surface area contributed by atoms with Gasteiger partial charge in [0.1, 0.15) is 0 Å². The van der Waals surface area contributed by atoms with Gasteiger partial charge in [0.2, 0.25) is 36.1 Å². The number of ether oxygens (including phenoxy) is 2. The first-order valence-electron chi connectivity index (χ1n) is 13.8. The van der Waals surface area contributed by atoms with E-state index in [9.17, 15) is 28.8 Å². The first-order valence-corrected chi connectivity index (χ1v) is 14.6. The van der Waals surface area contributed by atoms with Crippen LogP contribution >= 0.6 is 23.2 Å². The second-order valence-corrected chi connectivity index (χ2v) is 11.4. The smallest absolute Gasteiger partial charge is 0.304 e. The summed E-state index contributed by atoms with van der Waals surface area (Å²) in [7, 11) is 0. The predicted molar refractivity (Wildman–Crippen MR) is 158 cm³/mol. The summed E-state index contributed by atoms with van der Waals surface area (Å²) < 4.78 is 10.7. The molecule has 2 aromatic carbocycles. The summed E-state index contributed by atoms with van der Waals surface area (Å²) in [5.41, 5.74) is 0.583. The van der Waals surface area contributed by atoms with Crippen molar-refractivity contribution in [3.8, 4) is 0 Å². The second kappa shape index (κ2) is 13.9. The molecule has 0 bridgehead atoms. The van der Waals surface area contributed by atoms with Crippen molar-refractivity contribution in [3.05, 3.63) is 69.7 Å². The third-order valence-corrected chi connectivity index (χ3v) is 8.33. The number of benzene rings is 2. The van der Waals surface area contributed by atoms with E-state index in [2.05, 4.69) is 0 Å². The van der Waals surface area contributed by atoms with Crippen LogP contribution in [-0.4, -0.2) is 93.4 Å². The van der Waals surface area contributed by atoms with E-state index >= 15 is 0 Å². The highest BCUT2D eigenvalue weighted by Gasteiger charge is 2.44. The zero-order valence-corrected chi connectivity index (χ0v) is 26.1. The van der Waals surface area contributed by atoms with Gasteiger partial charge in [0.05, 0.1) is 26.2 Å². The number of hydrogen-bond donors (Lipinski definition) is 0. The Hall–Kier alpha value is -3.84. The summed E-state index contributed by atoms with van der Waals surface area (Å²) in [5, 5.41) is 0.449. The van der Waals surface area contributed by atoms with Gasteiger partial charge in [-0.15, -0.1) is 0 Å². The van der Waals surface area contributed by atoms with Crippen molar-refractivity contribution in [1.29, 1.82) is 0 Å². The fraction of sp³-hybridized carbons (Fsp3) is 0.400. The van der Waals surface area contributed by atoms with E-state index in [0.717, 1.165) is 9.80 Å². The molecule has 0 aliphatic carbocycles. The van der Waals surface area contributed by atoms with Gasteiger partial charge in [-0.1, -0.05) is 59.6 Å². The van der Waals surface area contributed by atoms with E-state index in [4.69, 9.17) is 32.7 Å². The quantitative estimate of drug-likeness (QED) is 0.296. The van der Waals surface area contributed by atoms with Crippen molar-refractivity contribution < 1.29 is 38.2 Å². The Kier molecular flexibility index (Phi) is 10.4. The van der Waals surface area contributed by atoms with E-state index in [1.807, 2.05) is 0 Å². The Morgan fingerprint density at radius 1 is 0.614 bits per heavy atom. The van der Waals surface area contributed by atoms with Gasteiger partial charge >= 0.3 is 11.9 Å². The van der Waals surface area contributed by atoms with E-state index < -0.39 is 60.1 Å². The SMILES string of the molecule is CC(=O)OC(c1ccccc1Cl)N1C(=O)CN(C(C)C(C)N2CC(=O)N(C(OC(C)=O)c3ccccc3Cl)C(=O)C2)CC1=O. The molecule has 234 valence electrons. The summed E-state index contributed by atoms with van der Waals surface area (Å²) >= 11 is 12.6. The van der Waals surface area contributed by atoms with Gasteiger partial charge in [0, 0.05) is 47.1 Å². The lowest BCUT2D eigenvalue weighted by molar-refractivity contribution is -0.180. The number of esters is 2. The van der Waals surface area contributed by atoms with Crippen molar-refractivity contribution >= 4 is 58.8 Å². The monoisotopic (exact) mass is 646 g/mol. The summed E-state index contributed by atoms with van der Waals surface area (Å²) in [6.07, 6.45) is -2.66. The standard InChI is InChI=1S/C30H32Cl2N4O8/c1-17(33-13-25(39)35(26(40)14-33)29(43-19(3)37)21-9-5-7-11-23(21)31)18(2)34-15-27(41)36(28(42)16-34)30(44-20(4)38)22-10-6-8-12-24(22)32/h5-12,17-18,29-30H,13-16H2,1-4H3. The lowest BCUT2D eigenvalue weighted by atomic mass is 10.0. The fourth-order valence-electron chi connectivity index (χ4n) is 5.27. The number of nitrogens with zero attached hydrogens (tertiary/aromatic N) is 4. The number of hydrogen-bond acceptors (Lipinski definition) is 10. The molecule has 0 aromatic heterocycles. The molecule has 4 unspecified atom stereocenters. The molecule has 44 heavy (non-hydrogen) atoms. The van der Waals surface area contributed by atoms with Crippen LogP contribution in [0.15, 0.2) is 48.5 Å². The lowest BCUT2D eigenvalue weighted by Crippen LogP contribution is -2.63. The Morgan fingerprint density at radius 3 is 1.18 bits per heavy atom. The van der Waals surface area contributed by atoms with Gasteiger partial charge in [-0.25, -0.2) is 9.80 Å². The van der Waals surface area contributed by atoms with Crippen LogP contribution in [0.5, 0.6) is 0 Å². The molecule has 2 aromatic rings. The van der Waals surface area contributed by atoms with Crippen molar-refractivity contribution in [2.24, 2.45) is 0 Å². The van der Waals surface area contributed by atoms with Crippen LogP contribution in [0.4, 0.5) is 0 Å². The molecule has 2 heterocycles. The highest BCUT2D eigenvalue weighted by atomic mass is 35.5. The third-order valence-electron chi connectivity index (χ3n) is 7.65. The van der Waals surface area contributed by atoms with Gasteiger partial charge in [-0.3, -0.25) is 38.6 Å². The number of rotatable bonds is 9. The Bertz CT molecular complexity index is 1340. The fourth-order valence-corrected chi connectivity index (χ4v) is 5.73. The van der Waals surface area contributed by atoms with Crippen LogP contribution in [0.2, 0.25) is 10.0 Å². The molecule has 0 radical (unpaired) electrons. The highest BCUT2D eigenvalue weighted by Crippen LogP contribution is 2.33. The maximum absolute atomic E-state index is 13.3. The van der Waals surface area contributed by atoms with Crippen molar-refractivity contribution in [2.75, 3.05) is 26.2 Å². The summed E-state index contributed by atoms with van der Waals surface area (Å²) in [5.74, 6) is -3.81. The molecule has 2 aliphatic heterocycles. The first kappa shape index (κ1) is 33.1. The highest BCUT2D eigenvalue weighted by molar-refractivity contribution is 6.31. The van der Waals surface area contributed by atoms with Gasteiger partial charge < -0.3 is 9.47 Å². The van der Waals surface area contributed by atoms with Crippen LogP contribution < -0.4 is 0 Å². The maximum Gasteiger partial charge on any atom is 0.304 e. The molecule has 2 aliphatic rings. The molecule has 14 heteroatoms. The molecule has 4 atom stereocenters. The predicted octanol–water partition coefficient (Wildman–Crippen LogP) is 2.94. The maximum atomic E-state index is 13.3. The number of halogens is 2. The first-order chi connectivity index (χ1) is 20.8. The molecule has 2 fully saturated rings. The lowest BCUT2D eigenvalue weighted by Gasteiger charge is -2.44. The zero-order chi connectivity index (χ0) is 32.3. The molecular formula is C30H32Cl2N4O8. The van der Waals surface area contributed by atoms with Gasteiger partial charge in [-0.05, 0) is 26.0 Å². The minimum Gasteiger partial charge on any atom is -0.437 e. The molecule has 0 N–H and O–H groups in total.